The number of hydrogen-bond donors (Lipinski definition) is 2. The summed E-state index contributed by atoms with van der Waals surface area (Å²) < 4.78 is 65.8. The molecule has 2 aliphatic rings. The fraction of sp³-hybridized carbons (Fsp3) is 0.440. The van der Waals surface area contributed by atoms with Crippen LogP contribution in [0.4, 0.5) is 13.6 Å². The number of nitrogens with zero attached hydrogens (tertiary/aromatic N) is 3. The van der Waals surface area contributed by atoms with Gasteiger partial charge in [-0.05, 0) is 61.6 Å². The number of likely N-dealkylation sites (tertiary alicyclic amines) is 1. The Morgan fingerprint density at radius 3 is 2.17 bits per heavy atom. The number of primary amides is 1. The van der Waals surface area contributed by atoms with Gasteiger partial charge in [0.2, 0.25) is 5.91 Å². The zero-order valence-electron chi connectivity index (χ0n) is 21.3. The highest BCUT2D eigenvalue weighted by atomic mass is 35.5. The van der Waals surface area contributed by atoms with Crippen molar-refractivity contribution in [3.63, 3.8) is 0 Å². The number of benzene rings is 2. The van der Waals surface area contributed by atoms with Gasteiger partial charge in [0.1, 0.15) is 11.8 Å². The molecule has 11 nitrogen and oxygen atoms in total. The maximum atomic E-state index is 14.7. The van der Waals surface area contributed by atoms with Crippen LogP contribution in [0.3, 0.4) is 0 Å². The highest BCUT2D eigenvalue weighted by Crippen LogP contribution is 2.32. The molecule has 4 rings (SSSR count). The summed E-state index contributed by atoms with van der Waals surface area (Å²) >= 11 is 5.78. The van der Waals surface area contributed by atoms with Crippen LogP contribution in [0.2, 0.25) is 5.02 Å². The van der Waals surface area contributed by atoms with Crippen molar-refractivity contribution < 1.29 is 41.5 Å². The summed E-state index contributed by atoms with van der Waals surface area (Å²) in [6, 6.07) is 4.72. The first-order chi connectivity index (χ1) is 19.0. The van der Waals surface area contributed by atoms with E-state index in [-0.39, 0.29) is 28.6 Å². The van der Waals surface area contributed by atoms with E-state index in [1.165, 1.54) is 24.3 Å². The normalized spacial score (nSPS) is 17.6. The standard InChI is InChI=1S/C25H29ClF2N4O7S/c26-17-1-3-18(4-2-17)39-23-20(27)14-19(15-21(23)28)40(36,37)32(35)22(24(29)33)13-16-5-7-30(8-6-16)25(34)31-9-11-38-12-10-31/h1-4,14-16,22,35H,5-13H2,(H2,29,33)/t22-/m0/s1. The molecule has 0 radical (unpaired) electrons. The number of piperidine rings is 1. The Morgan fingerprint density at radius 1 is 1.07 bits per heavy atom. The summed E-state index contributed by atoms with van der Waals surface area (Å²) in [6.45, 7) is 2.67. The molecule has 2 aromatic rings. The van der Waals surface area contributed by atoms with E-state index in [1.807, 2.05) is 0 Å². The van der Waals surface area contributed by atoms with Crippen molar-refractivity contribution in [1.29, 1.82) is 0 Å². The number of hydrogen-bond acceptors (Lipinski definition) is 7. The lowest BCUT2D eigenvalue weighted by Crippen LogP contribution is -2.51. The number of nitrogens with two attached hydrogens (primary N) is 1. The lowest BCUT2D eigenvalue weighted by atomic mass is 9.90. The van der Waals surface area contributed by atoms with Gasteiger partial charge < -0.3 is 25.0 Å². The third kappa shape index (κ3) is 6.81. The molecule has 0 spiro atoms. The number of amides is 3. The molecule has 2 heterocycles. The number of halogens is 3. The summed E-state index contributed by atoms with van der Waals surface area (Å²) in [4.78, 5) is 27.3. The molecular formula is C25H29ClF2N4O7S. The lowest BCUT2D eigenvalue weighted by molar-refractivity contribution is -0.132. The predicted octanol–water partition coefficient (Wildman–Crippen LogP) is 3.20. The van der Waals surface area contributed by atoms with E-state index >= 15 is 0 Å². The second-order valence-corrected chi connectivity index (χ2v) is 11.7. The highest BCUT2D eigenvalue weighted by molar-refractivity contribution is 7.89. The first-order valence-electron chi connectivity index (χ1n) is 12.5. The summed E-state index contributed by atoms with van der Waals surface area (Å²) in [7, 11) is -4.96. The molecule has 15 heteroatoms. The summed E-state index contributed by atoms with van der Waals surface area (Å²) in [5, 5.41) is 11.0. The number of morpholine rings is 1. The van der Waals surface area contributed by atoms with Crippen molar-refractivity contribution in [2.45, 2.75) is 30.2 Å². The Morgan fingerprint density at radius 2 is 1.62 bits per heavy atom. The van der Waals surface area contributed by atoms with Crippen LogP contribution in [0.1, 0.15) is 19.3 Å². The maximum absolute atomic E-state index is 14.7. The number of carbonyl (C=O) groups is 2. The Kier molecular flexibility index (Phi) is 9.46. The second kappa shape index (κ2) is 12.6. The number of ether oxygens (including phenoxy) is 2. The second-order valence-electron chi connectivity index (χ2n) is 9.52. The molecule has 2 fully saturated rings. The van der Waals surface area contributed by atoms with E-state index in [1.54, 1.807) is 9.80 Å². The van der Waals surface area contributed by atoms with Crippen LogP contribution in [-0.2, 0) is 19.6 Å². The van der Waals surface area contributed by atoms with Gasteiger partial charge in [0, 0.05) is 31.2 Å². The van der Waals surface area contributed by atoms with Crippen LogP contribution < -0.4 is 10.5 Å². The molecule has 0 aliphatic carbocycles. The quantitative estimate of drug-likeness (QED) is 0.442. The van der Waals surface area contributed by atoms with Gasteiger partial charge in [-0.15, -0.1) is 0 Å². The average Bonchev–Trinajstić information content (AvgIpc) is 2.94. The lowest BCUT2D eigenvalue weighted by Gasteiger charge is -2.38. The molecule has 218 valence electrons. The molecule has 3 amide bonds. The molecule has 40 heavy (non-hydrogen) atoms. The van der Waals surface area contributed by atoms with Crippen molar-refractivity contribution in [3.05, 3.63) is 53.1 Å². The van der Waals surface area contributed by atoms with Gasteiger partial charge in [0.25, 0.3) is 10.0 Å². The van der Waals surface area contributed by atoms with Gasteiger partial charge in [0.15, 0.2) is 17.4 Å². The largest absolute Gasteiger partial charge is 0.451 e. The van der Waals surface area contributed by atoms with E-state index < -0.39 is 44.3 Å². The van der Waals surface area contributed by atoms with Crippen LogP contribution in [-0.4, -0.2) is 85.3 Å². The van der Waals surface area contributed by atoms with Gasteiger partial charge in [-0.2, -0.15) is 0 Å². The first-order valence-corrected chi connectivity index (χ1v) is 14.4. The number of urea groups is 1. The zero-order valence-corrected chi connectivity index (χ0v) is 22.9. The van der Waals surface area contributed by atoms with E-state index in [0.29, 0.717) is 69.4 Å². The topological polar surface area (TPSA) is 143 Å². The van der Waals surface area contributed by atoms with Crippen molar-refractivity contribution in [1.82, 2.24) is 14.3 Å². The fourth-order valence-corrected chi connectivity index (χ4v) is 6.00. The molecule has 0 bridgehead atoms. The van der Waals surface area contributed by atoms with Gasteiger partial charge >= 0.3 is 6.03 Å². The SMILES string of the molecule is NC(=O)[C@H](CC1CCN(C(=O)N2CCOCC2)CC1)N(O)S(=O)(=O)c1cc(F)c(Oc2ccc(Cl)cc2)c(F)c1. The Labute approximate surface area is 235 Å². The predicted molar refractivity (Wildman–Crippen MR) is 138 cm³/mol. The van der Waals surface area contributed by atoms with Crippen molar-refractivity contribution in [2.24, 2.45) is 11.7 Å². The summed E-state index contributed by atoms with van der Waals surface area (Å²) in [5.74, 6) is -4.91. The van der Waals surface area contributed by atoms with E-state index in [0.717, 1.165) is 0 Å². The van der Waals surface area contributed by atoms with E-state index in [9.17, 15) is 32.0 Å². The average molecular weight is 603 g/mol. The third-order valence-electron chi connectivity index (χ3n) is 6.87. The van der Waals surface area contributed by atoms with Gasteiger partial charge in [-0.3, -0.25) is 10.0 Å². The molecule has 0 aromatic heterocycles. The zero-order chi connectivity index (χ0) is 29.0. The molecule has 3 N–H and O–H groups in total. The van der Waals surface area contributed by atoms with Gasteiger partial charge in [0.05, 0.1) is 18.1 Å². The van der Waals surface area contributed by atoms with Crippen molar-refractivity contribution in [2.75, 3.05) is 39.4 Å². The van der Waals surface area contributed by atoms with E-state index in [4.69, 9.17) is 26.8 Å². The minimum absolute atomic E-state index is 0.0491. The number of carbonyl (C=O) groups excluding carboxylic acids is 2. The Bertz CT molecular complexity index is 1310. The van der Waals surface area contributed by atoms with Gasteiger partial charge in [-0.1, -0.05) is 16.1 Å². The molecule has 2 saturated heterocycles. The number of sulfonamides is 1. The monoisotopic (exact) mass is 602 g/mol. The molecule has 2 aromatic carbocycles. The maximum Gasteiger partial charge on any atom is 0.320 e. The molecule has 1 atom stereocenters. The summed E-state index contributed by atoms with van der Waals surface area (Å²) in [6.07, 6.45) is 0.731. The minimum Gasteiger partial charge on any atom is -0.451 e. The Balaban J connectivity index is 1.43. The highest BCUT2D eigenvalue weighted by Gasteiger charge is 2.38. The van der Waals surface area contributed by atoms with Crippen LogP contribution in [0.5, 0.6) is 11.5 Å². The number of hydroxylamine groups is 1. The van der Waals surface area contributed by atoms with Crippen molar-refractivity contribution in [3.8, 4) is 11.5 Å². The molecular weight excluding hydrogens is 574 g/mol. The smallest absolute Gasteiger partial charge is 0.320 e. The molecule has 0 unspecified atom stereocenters. The molecule has 0 saturated carbocycles. The van der Waals surface area contributed by atoms with Crippen LogP contribution in [0.25, 0.3) is 0 Å². The Hall–Kier alpha value is -3.04. The van der Waals surface area contributed by atoms with E-state index in [2.05, 4.69) is 0 Å². The third-order valence-corrected chi connectivity index (χ3v) is 8.70. The van der Waals surface area contributed by atoms with Crippen LogP contribution in [0.15, 0.2) is 41.3 Å². The fourth-order valence-electron chi connectivity index (χ4n) is 4.62. The van der Waals surface area contributed by atoms with Crippen molar-refractivity contribution >= 4 is 33.6 Å². The van der Waals surface area contributed by atoms with Gasteiger partial charge in [-0.25, -0.2) is 22.0 Å². The molecule has 2 aliphatic heterocycles. The van der Waals surface area contributed by atoms with Crippen LogP contribution in [0, 0.1) is 17.6 Å². The van der Waals surface area contributed by atoms with Crippen LogP contribution >= 0.6 is 11.6 Å². The first kappa shape index (κ1) is 29.9. The summed E-state index contributed by atoms with van der Waals surface area (Å²) in [5.41, 5.74) is 5.42. The minimum atomic E-state index is -4.96. The number of rotatable bonds is 8.